The second kappa shape index (κ2) is 5.67. The molecule has 2 unspecified atom stereocenters. The van der Waals surface area contributed by atoms with Crippen molar-refractivity contribution in [2.45, 2.75) is 51.3 Å². The Morgan fingerprint density at radius 1 is 1.39 bits per heavy atom. The number of carboxylic acids is 1. The van der Waals surface area contributed by atoms with E-state index in [0.29, 0.717) is 13.0 Å². The molecule has 0 aromatic rings. The van der Waals surface area contributed by atoms with Crippen molar-refractivity contribution < 1.29 is 19.8 Å². The van der Waals surface area contributed by atoms with Crippen LogP contribution >= 0.6 is 0 Å². The van der Waals surface area contributed by atoms with Crippen LogP contribution in [-0.4, -0.2) is 57.8 Å². The third-order valence-electron chi connectivity index (χ3n) is 3.03. The molecule has 0 aromatic carbocycles. The number of hydrogen-bond acceptors (Lipinski definition) is 4. The van der Waals surface area contributed by atoms with E-state index in [-0.39, 0.29) is 18.9 Å². The maximum Gasteiger partial charge on any atom is 0.305 e. The minimum absolute atomic E-state index is 0.0711. The molecule has 1 saturated heterocycles. The van der Waals surface area contributed by atoms with E-state index in [0.717, 1.165) is 0 Å². The van der Waals surface area contributed by atoms with Gasteiger partial charge in [0, 0.05) is 18.6 Å². The minimum Gasteiger partial charge on any atom is -0.481 e. The van der Waals surface area contributed by atoms with Crippen molar-refractivity contribution in [2.75, 3.05) is 13.1 Å². The van der Waals surface area contributed by atoms with Crippen LogP contribution in [0.15, 0.2) is 0 Å². The van der Waals surface area contributed by atoms with Gasteiger partial charge < -0.3 is 20.4 Å². The number of aliphatic hydroxyl groups is 1. The van der Waals surface area contributed by atoms with Gasteiger partial charge in [-0.25, -0.2) is 0 Å². The molecule has 0 bridgehead atoms. The molecule has 0 radical (unpaired) electrons. The molecule has 1 heterocycles. The van der Waals surface area contributed by atoms with E-state index >= 15 is 0 Å². The van der Waals surface area contributed by atoms with Crippen LogP contribution in [-0.2, 0) is 9.59 Å². The summed E-state index contributed by atoms with van der Waals surface area (Å²) in [6.45, 7) is 6.22. The molecule has 1 fully saturated rings. The number of amides is 1. The van der Waals surface area contributed by atoms with E-state index in [9.17, 15) is 14.7 Å². The van der Waals surface area contributed by atoms with Crippen LogP contribution in [0.25, 0.3) is 0 Å². The Morgan fingerprint density at radius 3 is 2.39 bits per heavy atom. The molecule has 1 amide bonds. The Bertz CT molecular complexity index is 325. The van der Waals surface area contributed by atoms with Gasteiger partial charge in [0.2, 0.25) is 5.91 Å². The Balaban J connectivity index is 2.70. The largest absolute Gasteiger partial charge is 0.481 e. The fourth-order valence-corrected chi connectivity index (χ4v) is 2.08. The third-order valence-corrected chi connectivity index (χ3v) is 3.03. The normalized spacial score (nSPS) is 24.0. The quantitative estimate of drug-likeness (QED) is 0.650. The maximum absolute atomic E-state index is 12.3. The Kier molecular flexibility index (Phi) is 4.70. The Morgan fingerprint density at radius 2 is 2.00 bits per heavy atom. The molecule has 3 N–H and O–H groups in total. The third kappa shape index (κ3) is 3.96. The van der Waals surface area contributed by atoms with E-state index in [4.69, 9.17) is 5.11 Å². The zero-order chi connectivity index (χ0) is 13.9. The van der Waals surface area contributed by atoms with Gasteiger partial charge >= 0.3 is 5.97 Å². The second-order valence-corrected chi connectivity index (χ2v) is 5.65. The summed E-state index contributed by atoms with van der Waals surface area (Å²) >= 11 is 0. The van der Waals surface area contributed by atoms with Gasteiger partial charge in [-0.1, -0.05) is 0 Å². The van der Waals surface area contributed by atoms with E-state index in [1.807, 2.05) is 20.8 Å². The standard InChI is InChI=1S/C12H22N2O4/c1-12(2,3)14(5-4-10(16)17)11(18)9-6-8(15)7-13-9/h8-9,13,15H,4-7H2,1-3H3,(H,16,17). The van der Waals surface area contributed by atoms with Crippen molar-refractivity contribution in [3.63, 3.8) is 0 Å². The van der Waals surface area contributed by atoms with Crippen molar-refractivity contribution in [3.8, 4) is 0 Å². The van der Waals surface area contributed by atoms with Gasteiger partial charge in [0.25, 0.3) is 0 Å². The number of β-amino-alcohol motifs (C(OH)–C–C–N with tert-alkyl or cyclic N) is 1. The topological polar surface area (TPSA) is 89.9 Å². The van der Waals surface area contributed by atoms with E-state index in [1.165, 1.54) is 0 Å². The number of nitrogens with zero attached hydrogens (tertiary/aromatic N) is 1. The number of rotatable bonds is 4. The molecule has 6 nitrogen and oxygen atoms in total. The first-order valence-electron chi connectivity index (χ1n) is 6.16. The predicted octanol–water partition coefficient (Wildman–Crippen LogP) is -0.189. The fraction of sp³-hybridized carbons (Fsp3) is 0.833. The SMILES string of the molecule is CC(C)(C)N(CCC(=O)O)C(=O)C1CC(O)CN1. The molecule has 0 aromatic heterocycles. The lowest BCUT2D eigenvalue weighted by Crippen LogP contribution is -2.52. The molecule has 6 heteroatoms. The number of nitrogens with one attached hydrogen (secondary N) is 1. The summed E-state index contributed by atoms with van der Waals surface area (Å²) in [6.07, 6.45) is -0.184. The van der Waals surface area contributed by atoms with Crippen molar-refractivity contribution in [1.82, 2.24) is 10.2 Å². The summed E-state index contributed by atoms with van der Waals surface area (Å²) in [5, 5.41) is 21.1. The number of carboxylic acid groups (broad SMARTS) is 1. The highest BCUT2D eigenvalue weighted by Crippen LogP contribution is 2.18. The molecular formula is C12H22N2O4. The molecule has 104 valence electrons. The van der Waals surface area contributed by atoms with Crippen LogP contribution in [0.3, 0.4) is 0 Å². The zero-order valence-electron chi connectivity index (χ0n) is 11.1. The van der Waals surface area contributed by atoms with Crippen LogP contribution in [0.4, 0.5) is 0 Å². The fourth-order valence-electron chi connectivity index (χ4n) is 2.08. The highest BCUT2D eigenvalue weighted by molar-refractivity contribution is 5.83. The molecule has 18 heavy (non-hydrogen) atoms. The molecular weight excluding hydrogens is 236 g/mol. The number of hydrogen-bond donors (Lipinski definition) is 3. The smallest absolute Gasteiger partial charge is 0.305 e. The summed E-state index contributed by atoms with van der Waals surface area (Å²) in [7, 11) is 0. The Hall–Kier alpha value is -1.14. The van der Waals surface area contributed by atoms with E-state index in [1.54, 1.807) is 4.90 Å². The first-order valence-corrected chi connectivity index (χ1v) is 6.16. The first kappa shape index (κ1) is 14.9. The van der Waals surface area contributed by atoms with Gasteiger partial charge in [-0.3, -0.25) is 9.59 Å². The van der Waals surface area contributed by atoms with Gasteiger partial charge in [-0.2, -0.15) is 0 Å². The highest BCUT2D eigenvalue weighted by Gasteiger charge is 2.35. The van der Waals surface area contributed by atoms with Gasteiger partial charge in [-0.05, 0) is 27.2 Å². The van der Waals surface area contributed by atoms with Crippen LogP contribution in [0, 0.1) is 0 Å². The van der Waals surface area contributed by atoms with Crippen LogP contribution in [0.2, 0.25) is 0 Å². The van der Waals surface area contributed by atoms with Gasteiger partial charge in [-0.15, -0.1) is 0 Å². The molecule has 0 saturated carbocycles. The molecule has 0 spiro atoms. The van der Waals surface area contributed by atoms with Crippen LogP contribution in [0.1, 0.15) is 33.6 Å². The summed E-state index contributed by atoms with van der Waals surface area (Å²) in [5.41, 5.74) is -0.429. The number of carbonyl (C=O) groups excluding carboxylic acids is 1. The average Bonchev–Trinajstić information content (AvgIpc) is 2.62. The lowest BCUT2D eigenvalue weighted by molar-refractivity contribution is -0.141. The van der Waals surface area contributed by atoms with E-state index in [2.05, 4.69) is 5.32 Å². The first-order chi connectivity index (χ1) is 8.21. The molecule has 1 rings (SSSR count). The van der Waals surface area contributed by atoms with Crippen molar-refractivity contribution in [3.05, 3.63) is 0 Å². The average molecular weight is 258 g/mol. The number of carbonyl (C=O) groups is 2. The van der Waals surface area contributed by atoms with E-state index < -0.39 is 23.7 Å². The molecule has 2 atom stereocenters. The highest BCUT2D eigenvalue weighted by atomic mass is 16.4. The van der Waals surface area contributed by atoms with Crippen molar-refractivity contribution >= 4 is 11.9 Å². The van der Waals surface area contributed by atoms with Crippen molar-refractivity contribution in [1.29, 1.82) is 0 Å². The lowest BCUT2D eigenvalue weighted by atomic mass is 10.0. The monoisotopic (exact) mass is 258 g/mol. The number of aliphatic carboxylic acids is 1. The zero-order valence-corrected chi connectivity index (χ0v) is 11.1. The van der Waals surface area contributed by atoms with Gasteiger partial charge in [0.15, 0.2) is 0 Å². The predicted molar refractivity (Wildman–Crippen MR) is 66.1 cm³/mol. The van der Waals surface area contributed by atoms with Crippen LogP contribution < -0.4 is 5.32 Å². The minimum atomic E-state index is -0.920. The summed E-state index contributed by atoms with van der Waals surface area (Å²) in [4.78, 5) is 24.5. The summed E-state index contributed by atoms with van der Waals surface area (Å²) in [5.74, 6) is -1.06. The van der Waals surface area contributed by atoms with Crippen LogP contribution in [0.5, 0.6) is 0 Å². The second-order valence-electron chi connectivity index (χ2n) is 5.65. The lowest BCUT2D eigenvalue weighted by Gasteiger charge is -2.37. The van der Waals surface area contributed by atoms with Gasteiger partial charge in [0.1, 0.15) is 0 Å². The molecule has 1 aliphatic heterocycles. The number of aliphatic hydroxyl groups excluding tert-OH is 1. The molecule has 0 aliphatic carbocycles. The van der Waals surface area contributed by atoms with Crippen molar-refractivity contribution in [2.24, 2.45) is 0 Å². The maximum atomic E-state index is 12.3. The summed E-state index contributed by atoms with van der Waals surface area (Å²) in [6, 6.07) is -0.409. The summed E-state index contributed by atoms with van der Waals surface area (Å²) < 4.78 is 0. The molecule has 1 aliphatic rings. The van der Waals surface area contributed by atoms with Gasteiger partial charge in [0.05, 0.1) is 18.6 Å². The Labute approximate surface area is 107 Å².